The number of carbonyl (C=O) groups is 1. The van der Waals surface area contributed by atoms with Gasteiger partial charge in [0.25, 0.3) is 5.91 Å². The van der Waals surface area contributed by atoms with Crippen LogP contribution in [0.25, 0.3) is 10.2 Å². The molecule has 0 saturated heterocycles. The molecule has 3 aromatic rings. The highest BCUT2D eigenvalue weighted by Gasteiger charge is 2.30. The summed E-state index contributed by atoms with van der Waals surface area (Å²) >= 11 is 1.43. The summed E-state index contributed by atoms with van der Waals surface area (Å²) in [6, 6.07) is 10.1. The van der Waals surface area contributed by atoms with Crippen molar-refractivity contribution in [3.05, 3.63) is 42.0 Å². The summed E-state index contributed by atoms with van der Waals surface area (Å²) in [5, 5.41) is 0.586. The number of likely N-dealkylation sites (N-methyl/N-ethyl adjacent to an activating group) is 1. The normalized spacial score (nSPS) is 15.7. The Morgan fingerprint density at radius 3 is 2.24 bits per heavy atom. The zero-order valence-corrected chi connectivity index (χ0v) is 26.3. The molecule has 1 aromatic heterocycles. The summed E-state index contributed by atoms with van der Waals surface area (Å²) < 4.78 is 40.5. The fourth-order valence-electron chi connectivity index (χ4n) is 5.37. The molecule has 0 N–H and O–H groups in total. The molecule has 1 saturated carbocycles. The fraction of sp³-hybridized carbons (Fsp3) is 0.517. The Morgan fingerprint density at radius 1 is 0.976 bits per heavy atom. The van der Waals surface area contributed by atoms with Crippen LogP contribution in [0.15, 0.2) is 41.3 Å². The van der Waals surface area contributed by atoms with Gasteiger partial charge in [0.1, 0.15) is 13.2 Å². The Balaban J connectivity index is 0.00000387. The molecule has 2 aromatic carbocycles. The number of amides is 1. The van der Waals surface area contributed by atoms with Gasteiger partial charge in [0.15, 0.2) is 16.6 Å². The summed E-state index contributed by atoms with van der Waals surface area (Å²) in [6.45, 7) is 8.09. The molecular weight excluding hydrogens is 584 g/mol. The van der Waals surface area contributed by atoms with Crippen LogP contribution in [0.5, 0.6) is 11.5 Å². The Labute approximate surface area is 252 Å². The average Bonchev–Trinajstić information content (AvgIpc) is 3.40. The van der Waals surface area contributed by atoms with E-state index in [2.05, 4.69) is 18.7 Å². The zero-order valence-electron chi connectivity index (χ0n) is 23.9. The number of ether oxygens (including phenoxy) is 2. The van der Waals surface area contributed by atoms with Crippen LogP contribution in [-0.4, -0.2) is 81.0 Å². The van der Waals surface area contributed by atoms with E-state index in [4.69, 9.17) is 14.5 Å². The standard InChI is InChI=1S/C29H38N4O5S2.ClH/c1-4-32(5-2)15-16-33(29-30-24-19-25-26(20-27(24)39-29)38-18-17-37-25)28(34)21-11-13-23(14-12-21)40(35,36)31(3)22-9-7-6-8-10-22;/h11-14,19-20,22H,4-10,15-18H2,1-3H3;1H. The molecule has 0 radical (unpaired) electrons. The molecule has 0 bridgehead atoms. The lowest BCUT2D eigenvalue weighted by Crippen LogP contribution is -2.39. The van der Waals surface area contributed by atoms with Gasteiger partial charge in [0.2, 0.25) is 10.0 Å². The van der Waals surface area contributed by atoms with E-state index in [1.54, 1.807) is 36.2 Å². The number of thiazole rings is 1. The molecule has 224 valence electrons. The van der Waals surface area contributed by atoms with Crippen LogP contribution in [0.3, 0.4) is 0 Å². The smallest absolute Gasteiger partial charge is 0.260 e. The van der Waals surface area contributed by atoms with Crippen molar-refractivity contribution in [2.45, 2.75) is 56.9 Å². The van der Waals surface area contributed by atoms with E-state index < -0.39 is 10.0 Å². The number of fused-ring (bicyclic) bond motifs is 2. The number of hydrogen-bond donors (Lipinski definition) is 0. The molecule has 1 fully saturated rings. The quantitative estimate of drug-likeness (QED) is 0.298. The number of hydrogen-bond acceptors (Lipinski definition) is 8. The SMILES string of the molecule is CCN(CC)CCN(C(=O)c1ccc(S(=O)(=O)N(C)C2CCCCC2)cc1)c1nc2cc3c(cc2s1)OCCO3.Cl. The third-order valence-corrected chi connectivity index (χ3v) is 10.9. The van der Waals surface area contributed by atoms with Gasteiger partial charge in [-0.25, -0.2) is 13.4 Å². The maximum Gasteiger partial charge on any atom is 0.260 e. The largest absolute Gasteiger partial charge is 0.486 e. The highest BCUT2D eigenvalue weighted by atomic mass is 35.5. The predicted octanol–water partition coefficient (Wildman–Crippen LogP) is 5.43. The van der Waals surface area contributed by atoms with Gasteiger partial charge in [-0.05, 0) is 50.2 Å². The van der Waals surface area contributed by atoms with Crippen molar-refractivity contribution in [2.75, 3.05) is 51.3 Å². The molecule has 0 spiro atoms. The minimum Gasteiger partial charge on any atom is -0.486 e. The lowest BCUT2D eigenvalue weighted by Gasteiger charge is -2.30. The number of halogens is 1. The summed E-state index contributed by atoms with van der Waals surface area (Å²) in [5.74, 6) is 1.13. The van der Waals surface area contributed by atoms with Crippen LogP contribution >= 0.6 is 23.7 Å². The Hall–Kier alpha value is -2.44. The summed E-state index contributed by atoms with van der Waals surface area (Å²) in [6.07, 6.45) is 5.03. The third-order valence-electron chi connectivity index (χ3n) is 7.92. The van der Waals surface area contributed by atoms with E-state index >= 15 is 0 Å². The molecule has 2 heterocycles. The van der Waals surface area contributed by atoms with Gasteiger partial charge in [-0.3, -0.25) is 9.69 Å². The van der Waals surface area contributed by atoms with Gasteiger partial charge < -0.3 is 14.4 Å². The summed E-state index contributed by atoms with van der Waals surface area (Å²) in [7, 11) is -1.97. The second kappa shape index (κ2) is 13.7. The van der Waals surface area contributed by atoms with Crippen LogP contribution in [0.2, 0.25) is 0 Å². The number of carbonyl (C=O) groups excluding carboxylic acids is 1. The van der Waals surface area contributed by atoms with E-state index in [1.165, 1.54) is 15.6 Å². The van der Waals surface area contributed by atoms with E-state index in [0.29, 0.717) is 48.5 Å². The minimum absolute atomic E-state index is 0. The van der Waals surface area contributed by atoms with Gasteiger partial charge in [-0.2, -0.15) is 4.31 Å². The molecule has 5 rings (SSSR count). The molecule has 9 nitrogen and oxygen atoms in total. The van der Waals surface area contributed by atoms with E-state index in [9.17, 15) is 13.2 Å². The number of anilines is 1. The average molecular weight is 623 g/mol. The molecule has 0 atom stereocenters. The lowest BCUT2D eigenvalue weighted by molar-refractivity contribution is 0.0983. The van der Waals surface area contributed by atoms with Gasteiger partial charge in [0.05, 0.1) is 15.1 Å². The molecular formula is C29H39ClN4O5S2. The van der Waals surface area contributed by atoms with Crippen molar-refractivity contribution in [3.8, 4) is 11.5 Å². The molecule has 1 amide bonds. The second-order valence-corrected chi connectivity index (χ2v) is 13.3. The second-order valence-electron chi connectivity index (χ2n) is 10.3. The Bertz CT molecular complexity index is 1390. The number of rotatable bonds is 10. The maximum atomic E-state index is 13.9. The first-order chi connectivity index (χ1) is 19.3. The van der Waals surface area contributed by atoms with Crippen LogP contribution in [0, 0.1) is 0 Å². The van der Waals surface area contributed by atoms with E-state index in [-0.39, 0.29) is 29.3 Å². The van der Waals surface area contributed by atoms with Gasteiger partial charge in [-0.1, -0.05) is 44.4 Å². The first-order valence-corrected chi connectivity index (χ1v) is 16.4. The van der Waals surface area contributed by atoms with Crippen LogP contribution in [-0.2, 0) is 10.0 Å². The van der Waals surface area contributed by atoms with Crippen molar-refractivity contribution >= 4 is 55.0 Å². The molecule has 12 heteroatoms. The summed E-state index contributed by atoms with van der Waals surface area (Å²) in [5.41, 5.74) is 1.17. The monoisotopic (exact) mass is 622 g/mol. The van der Waals surface area contributed by atoms with Gasteiger partial charge >= 0.3 is 0 Å². The van der Waals surface area contributed by atoms with Crippen molar-refractivity contribution in [2.24, 2.45) is 0 Å². The number of sulfonamides is 1. The van der Waals surface area contributed by atoms with Crippen molar-refractivity contribution in [1.29, 1.82) is 0 Å². The summed E-state index contributed by atoms with van der Waals surface area (Å²) in [4.78, 5) is 22.8. The highest BCUT2D eigenvalue weighted by Crippen LogP contribution is 2.39. The Morgan fingerprint density at radius 2 is 1.61 bits per heavy atom. The van der Waals surface area contributed by atoms with Crippen LogP contribution in [0.4, 0.5) is 5.13 Å². The molecule has 2 aliphatic rings. The topological polar surface area (TPSA) is 92.3 Å². The zero-order chi connectivity index (χ0) is 28.3. The van der Waals surface area contributed by atoms with Gasteiger partial charge in [-0.15, -0.1) is 12.4 Å². The minimum atomic E-state index is -3.64. The third kappa shape index (κ3) is 6.80. The van der Waals surface area contributed by atoms with E-state index in [1.807, 2.05) is 12.1 Å². The number of benzene rings is 2. The predicted molar refractivity (Wildman–Crippen MR) is 166 cm³/mol. The van der Waals surface area contributed by atoms with Crippen molar-refractivity contribution in [3.63, 3.8) is 0 Å². The van der Waals surface area contributed by atoms with Crippen LogP contribution < -0.4 is 14.4 Å². The Kier molecular flexibility index (Phi) is 10.5. The van der Waals surface area contributed by atoms with Crippen LogP contribution in [0.1, 0.15) is 56.3 Å². The van der Waals surface area contributed by atoms with E-state index in [0.717, 1.165) is 55.4 Å². The first kappa shape index (κ1) is 31.5. The first-order valence-electron chi connectivity index (χ1n) is 14.1. The molecule has 1 aliphatic heterocycles. The maximum absolute atomic E-state index is 13.9. The van der Waals surface area contributed by atoms with Crippen molar-refractivity contribution < 1.29 is 22.7 Å². The van der Waals surface area contributed by atoms with Crippen molar-refractivity contribution in [1.82, 2.24) is 14.2 Å². The molecule has 41 heavy (non-hydrogen) atoms. The highest BCUT2D eigenvalue weighted by molar-refractivity contribution is 7.89. The molecule has 0 unspecified atom stereocenters. The van der Waals surface area contributed by atoms with Gasteiger partial charge in [0, 0.05) is 43.9 Å². The fourth-order valence-corrected chi connectivity index (χ4v) is 7.78. The lowest BCUT2D eigenvalue weighted by atomic mass is 9.96. The number of aromatic nitrogens is 1. The molecule has 1 aliphatic carbocycles. The number of nitrogens with zero attached hydrogens (tertiary/aromatic N) is 4.